The lowest BCUT2D eigenvalue weighted by atomic mass is 9.60. The first-order valence-electron chi connectivity index (χ1n) is 7.31. The average Bonchev–Trinajstić information content (AvgIpc) is 2.28. The van der Waals surface area contributed by atoms with Gasteiger partial charge in [0.05, 0.1) is 0 Å². The minimum absolute atomic E-state index is 0.494. The van der Waals surface area contributed by atoms with Gasteiger partial charge >= 0.3 is 0 Å². The standard InChI is InChI=1S/C14H26N2S/c15-13-8-12-2-1-3-14(9-12,10-13)11-16-4-6-17-7-5-16/h12-13H,1-11,15H2. The second-order valence-electron chi connectivity index (χ2n) is 6.55. The molecule has 3 atom stereocenters. The summed E-state index contributed by atoms with van der Waals surface area (Å²) in [5.74, 6) is 3.63. The van der Waals surface area contributed by atoms with Crippen molar-refractivity contribution in [2.45, 2.75) is 44.6 Å². The molecule has 3 rings (SSSR count). The van der Waals surface area contributed by atoms with Gasteiger partial charge < -0.3 is 10.6 Å². The molecule has 0 aromatic carbocycles. The topological polar surface area (TPSA) is 29.3 Å². The maximum absolute atomic E-state index is 6.29. The molecule has 0 amide bonds. The number of nitrogens with zero attached hydrogens (tertiary/aromatic N) is 1. The van der Waals surface area contributed by atoms with Gasteiger partial charge in [-0.3, -0.25) is 0 Å². The van der Waals surface area contributed by atoms with Crippen LogP contribution >= 0.6 is 11.8 Å². The van der Waals surface area contributed by atoms with Crippen LogP contribution in [-0.2, 0) is 0 Å². The highest BCUT2D eigenvalue weighted by Crippen LogP contribution is 2.49. The first-order chi connectivity index (χ1) is 8.26. The minimum Gasteiger partial charge on any atom is -0.328 e. The molecule has 2 saturated carbocycles. The molecule has 0 spiro atoms. The van der Waals surface area contributed by atoms with Crippen molar-refractivity contribution in [1.82, 2.24) is 4.90 Å². The van der Waals surface area contributed by atoms with Crippen LogP contribution < -0.4 is 5.73 Å². The Hall–Kier alpha value is 0.270. The number of nitrogens with two attached hydrogens (primary N) is 1. The fourth-order valence-electron chi connectivity index (χ4n) is 4.48. The van der Waals surface area contributed by atoms with Gasteiger partial charge in [0.25, 0.3) is 0 Å². The molecule has 2 N–H and O–H groups in total. The van der Waals surface area contributed by atoms with Gasteiger partial charge in [0.15, 0.2) is 0 Å². The Bertz CT molecular complexity index is 261. The molecule has 0 aromatic heterocycles. The van der Waals surface area contributed by atoms with Crippen LogP contribution in [0.4, 0.5) is 0 Å². The average molecular weight is 254 g/mol. The lowest BCUT2D eigenvalue weighted by Gasteiger charge is -2.50. The summed E-state index contributed by atoms with van der Waals surface area (Å²) in [4.78, 5) is 2.72. The first-order valence-corrected chi connectivity index (χ1v) is 8.47. The third kappa shape index (κ3) is 2.82. The van der Waals surface area contributed by atoms with Crippen LogP contribution in [0, 0.1) is 11.3 Å². The number of thioether (sulfide) groups is 1. The predicted molar refractivity (Wildman–Crippen MR) is 75.4 cm³/mol. The maximum atomic E-state index is 6.29. The van der Waals surface area contributed by atoms with E-state index in [9.17, 15) is 0 Å². The van der Waals surface area contributed by atoms with Gasteiger partial charge in [0.1, 0.15) is 0 Å². The predicted octanol–water partition coefficient (Wildman–Crippen LogP) is 2.33. The van der Waals surface area contributed by atoms with E-state index in [1.165, 1.54) is 69.7 Å². The molecule has 0 aromatic rings. The highest BCUT2D eigenvalue weighted by molar-refractivity contribution is 7.99. The Kier molecular flexibility index (Phi) is 3.69. The molecular formula is C14H26N2S. The van der Waals surface area contributed by atoms with Crippen molar-refractivity contribution < 1.29 is 0 Å². The van der Waals surface area contributed by atoms with Crippen LogP contribution in [0.5, 0.6) is 0 Å². The summed E-state index contributed by atoms with van der Waals surface area (Å²) in [5, 5.41) is 0. The van der Waals surface area contributed by atoms with Gasteiger partial charge in [0.2, 0.25) is 0 Å². The zero-order valence-electron chi connectivity index (χ0n) is 10.9. The molecule has 98 valence electrons. The fourth-order valence-corrected chi connectivity index (χ4v) is 5.46. The molecule has 2 nitrogen and oxygen atoms in total. The second-order valence-corrected chi connectivity index (χ2v) is 7.78. The van der Waals surface area contributed by atoms with Gasteiger partial charge in [-0.2, -0.15) is 11.8 Å². The summed E-state index contributed by atoms with van der Waals surface area (Å²) < 4.78 is 0. The highest BCUT2D eigenvalue weighted by Gasteiger charge is 2.42. The quantitative estimate of drug-likeness (QED) is 0.820. The Balaban J connectivity index is 1.65. The Labute approximate surface area is 110 Å². The molecule has 3 unspecified atom stereocenters. The number of rotatable bonds is 2. The SMILES string of the molecule is NC1CC2CCCC(CN3CCSCC3)(C1)C2. The molecule has 17 heavy (non-hydrogen) atoms. The van der Waals surface area contributed by atoms with Crippen LogP contribution in [0.3, 0.4) is 0 Å². The van der Waals surface area contributed by atoms with Gasteiger partial charge in [-0.15, -0.1) is 0 Å². The van der Waals surface area contributed by atoms with E-state index in [0.717, 1.165) is 5.92 Å². The summed E-state index contributed by atoms with van der Waals surface area (Å²) in [5.41, 5.74) is 6.89. The minimum atomic E-state index is 0.494. The number of fused-ring (bicyclic) bond motifs is 2. The molecule has 0 radical (unpaired) electrons. The molecule has 3 heteroatoms. The van der Waals surface area contributed by atoms with E-state index in [1.807, 2.05) is 0 Å². The van der Waals surface area contributed by atoms with E-state index in [0.29, 0.717) is 11.5 Å². The lowest BCUT2D eigenvalue weighted by molar-refractivity contribution is 0.0292. The normalized spacial score (nSPS) is 43.6. The van der Waals surface area contributed by atoms with E-state index in [2.05, 4.69) is 16.7 Å². The van der Waals surface area contributed by atoms with E-state index in [4.69, 9.17) is 5.73 Å². The summed E-state index contributed by atoms with van der Waals surface area (Å²) in [6.07, 6.45) is 8.43. The molecule has 3 aliphatic rings. The third-order valence-corrected chi connectivity index (χ3v) is 5.98. The van der Waals surface area contributed by atoms with Crippen molar-refractivity contribution in [1.29, 1.82) is 0 Å². The summed E-state index contributed by atoms with van der Waals surface area (Å²) in [6, 6.07) is 0.494. The van der Waals surface area contributed by atoms with Gasteiger partial charge in [-0.05, 0) is 37.0 Å². The van der Waals surface area contributed by atoms with Gasteiger partial charge in [-0.25, -0.2) is 0 Å². The van der Waals surface area contributed by atoms with Crippen molar-refractivity contribution in [3.05, 3.63) is 0 Å². The van der Waals surface area contributed by atoms with E-state index < -0.39 is 0 Å². The smallest absolute Gasteiger partial charge is 0.00729 e. The molecule has 1 aliphatic heterocycles. The number of hydrogen-bond donors (Lipinski definition) is 1. The van der Waals surface area contributed by atoms with Crippen LogP contribution in [0.25, 0.3) is 0 Å². The van der Waals surface area contributed by atoms with Crippen LogP contribution in [0.2, 0.25) is 0 Å². The van der Waals surface area contributed by atoms with Gasteiger partial charge in [-0.1, -0.05) is 12.8 Å². The van der Waals surface area contributed by atoms with Crippen LogP contribution in [0.15, 0.2) is 0 Å². The summed E-state index contributed by atoms with van der Waals surface area (Å²) in [6.45, 7) is 3.97. The van der Waals surface area contributed by atoms with E-state index in [-0.39, 0.29) is 0 Å². The van der Waals surface area contributed by atoms with E-state index in [1.54, 1.807) is 0 Å². The van der Waals surface area contributed by atoms with Gasteiger partial charge in [0, 0.05) is 37.2 Å². The number of hydrogen-bond acceptors (Lipinski definition) is 3. The van der Waals surface area contributed by atoms with Crippen molar-refractivity contribution in [3.63, 3.8) is 0 Å². The summed E-state index contributed by atoms with van der Waals surface area (Å²) in [7, 11) is 0. The lowest BCUT2D eigenvalue weighted by Crippen LogP contribution is -2.50. The Morgan fingerprint density at radius 3 is 2.88 bits per heavy atom. The monoisotopic (exact) mass is 254 g/mol. The van der Waals surface area contributed by atoms with E-state index >= 15 is 0 Å². The summed E-state index contributed by atoms with van der Waals surface area (Å²) >= 11 is 2.12. The van der Waals surface area contributed by atoms with Crippen molar-refractivity contribution in [2.75, 3.05) is 31.1 Å². The largest absolute Gasteiger partial charge is 0.328 e. The second kappa shape index (κ2) is 5.10. The van der Waals surface area contributed by atoms with Crippen molar-refractivity contribution in [3.8, 4) is 0 Å². The van der Waals surface area contributed by atoms with Crippen LogP contribution in [-0.4, -0.2) is 42.1 Å². The molecule has 1 saturated heterocycles. The zero-order valence-corrected chi connectivity index (χ0v) is 11.7. The molecule has 3 fully saturated rings. The Morgan fingerprint density at radius 1 is 1.24 bits per heavy atom. The van der Waals surface area contributed by atoms with Crippen LogP contribution in [0.1, 0.15) is 38.5 Å². The zero-order chi connectivity index (χ0) is 11.7. The Morgan fingerprint density at radius 2 is 2.06 bits per heavy atom. The highest BCUT2D eigenvalue weighted by atomic mass is 32.2. The van der Waals surface area contributed by atoms with Crippen molar-refractivity contribution >= 4 is 11.8 Å². The third-order valence-electron chi connectivity index (χ3n) is 5.04. The molecule has 2 bridgehead atoms. The fraction of sp³-hybridized carbons (Fsp3) is 1.00. The molecule has 2 aliphatic carbocycles. The molecule has 1 heterocycles. The maximum Gasteiger partial charge on any atom is 0.00729 e. The first kappa shape index (κ1) is 12.3. The molecular weight excluding hydrogens is 228 g/mol. The van der Waals surface area contributed by atoms with Crippen molar-refractivity contribution in [2.24, 2.45) is 17.1 Å².